The molecule has 1 unspecified atom stereocenters. The predicted molar refractivity (Wildman–Crippen MR) is 99.4 cm³/mol. The monoisotopic (exact) mass is 316 g/mol. The summed E-state index contributed by atoms with van der Waals surface area (Å²) in [5.41, 5.74) is 0. The number of aliphatic hydroxyl groups is 2. The van der Waals surface area contributed by atoms with Gasteiger partial charge in [-0.15, -0.1) is 0 Å². The zero-order valence-corrected chi connectivity index (χ0v) is 15.8. The average Bonchev–Trinajstić information content (AvgIpc) is 2.52. The van der Waals surface area contributed by atoms with Crippen LogP contribution in [0.1, 0.15) is 117 Å². The van der Waals surface area contributed by atoms with Gasteiger partial charge < -0.3 is 10.2 Å². The summed E-state index contributed by atoms with van der Waals surface area (Å²) in [4.78, 5) is 0. The van der Waals surface area contributed by atoms with Crippen molar-refractivity contribution in [2.24, 2.45) is 0 Å². The van der Waals surface area contributed by atoms with E-state index >= 15 is 0 Å². The van der Waals surface area contributed by atoms with E-state index < -0.39 is 0 Å². The van der Waals surface area contributed by atoms with Gasteiger partial charge in [-0.3, -0.25) is 0 Å². The molecular weight excluding hydrogens is 272 g/mol. The fourth-order valence-corrected chi connectivity index (χ4v) is 2.53. The summed E-state index contributed by atoms with van der Waals surface area (Å²) in [6.07, 6.45) is 18.5. The van der Waals surface area contributed by atoms with Crippen molar-refractivity contribution in [3.05, 3.63) is 0 Å². The van der Waals surface area contributed by atoms with Gasteiger partial charge in [-0.1, -0.05) is 97.8 Å². The van der Waals surface area contributed by atoms with Gasteiger partial charge in [-0.2, -0.15) is 0 Å². The Morgan fingerprint density at radius 2 is 1.00 bits per heavy atom. The molecule has 0 saturated carbocycles. The van der Waals surface area contributed by atoms with Gasteiger partial charge in [0.2, 0.25) is 0 Å². The van der Waals surface area contributed by atoms with E-state index in [0.717, 1.165) is 25.7 Å². The molecule has 0 heterocycles. The topological polar surface area (TPSA) is 40.5 Å². The Hall–Kier alpha value is -0.0800. The molecule has 0 fully saturated rings. The van der Waals surface area contributed by atoms with Crippen molar-refractivity contribution in [1.82, 2.24) is 0 Å². The molecule has 0 spiro atoms. The Kier molecular flexibility index (Phi) is 25.5. The molecule has 0 aromatic rings. The normalized spacial score (nSPS) is 11.9. The van der Waals surface area contributed by atoms with E-state index in [2.05, 4.69) is 20.8 Å². The van der Waals surface area contributed by atoms with Gasteiger partial charge in [0, 0.05) is 6.61 Å². The van der Waals surface area contributed by atoms with Crippen LogP contribution in [0.4, 0.5) is 0 Å². The van der Waals surface area contributed by atoms with E-state index in [4.69, 9.17) is 5.11 Å². The molecule has 2 N–H and O–H groups in total. The van der Waals surface area contributed by atoms with Crippen LogP contribution in [0.2, 0.25) is 0 Å². The zero-order valence-electron chi connectivity index (χ0n) is 15.8. The second-order valence-corrected chi connectivity index (χ2v) is 6.49. The summed E-state index contributed by atoms with van der Waals surface area (Å²) >= 11 is 0. The van der Waals surface area contributed by atoms with Crippen molar-refractivity contribution in [2.75, 3.05) is 6.61 Å². The number of hydrogen-bond acceptors (Lipinski definition) is 2. The molecule has 0 aromatic heterocycles. The standard InChI is InChI=1S/2C10H22O/c1-3-5-6-7-9-10(11)8-4-2;1-2-3-4-5-6-7-8-9-10-11/h10-11H,3-9H2,1-2H3;11H,2-10H2,1H3. The summed E-state index contributed by atoms with van der Waals surface area (Å²) < 4.78 is 0. The number of unbranched alkanes of at least 4 members (excludes halogenated alkanes) is 10. The minimum absolute atomic E-state index is 0.0307. The molecule has 136 valence electrons. The summed E-state index contributed by atoms with van der Waals surface area (Å²) in [6, 6.07) is 0. The first kappa shape index (κ1) is 24.2. The fraction of sp³-hybridized carbons (Fsp3) is 1.00. The van der Waals surface area contributed by atoms with Crippen LogP contribution in [0.25, 0.3) is 0 Å². The smallest absolute Gasteiger partial charge is 0.0540 e. The van der Waals surface area contributed by atoms with E-state index in [1.54, 1.807) is 0 Å². The maximum absolute atomic E-state index is 9.35. The Morgan fingerprint density at radius 3 is 1.45 bits per heavy atom. The van der Waals surface area contributed by atoms with Crippen LogP contribution in [-0.2, 0) is 0 Å². The Balaban J connectivity index is 0. The van der Waals surface area contributed by atoms with Gasteiger partial charge in [0.05, 0.1) is 6.10 Å². The lowest BCUT2D eigenvalue weighted by Gasteiger charge is -2.07. The van der Waals surface area contributed by atoms with Gasteiger partial charge >= 0.3 is 0 Å². The Labute approximate surface area is 140 Å². The first-order valence-electron chi connectivity index (χ1n) is 10.0. The SMILES string of the molecule is CCCCCCC(O)CCC.CCCCCCCCCCO. The highest BCUT2D eigenvalue weighted by Crippen LogP contribution is 2.09. The zero-order chi connectivity index (χ0) is 16.9. The van der Waals surface area contributed by atoms with Crippen LogP contribution in [0.15, 0.2) is 0 Å². The largest absolute Gasteiger partial charge is 0.396 e. The molecule has 0 aromatic carbocycles. The fourth-order valence-electron chi connectivity index (χ4n) is 2.53. The van der Waals surface area contributed by atoms with Crippen molar-refractivity contribution in [3.63, 3.8) is 0 Å². The third-order valence-electron chi connectivity index (χ3n) is 4.02. The molecule has 0 rings (SSSR count). The van der Waals surface area contributed by atoms with Gasteiger partial charge in [-0.05, 0) is 19.3 Å². The van der Waals surface area contributed by atoms with E-state index in [-0.39, 0.29) is 6.10 Å². The van der Waals surface area contributed by atoms with Crippen LogP contribution >= 0.6 is 0 Å². The van der Waals surface area contributed by atoms with Crippen molar-refractivity contribution >= 4 is 0 Å². The molecule has 0 aliphatic carbocycles. The molecule has 0 saturated heterocycles. The summed E-state index contributed by atoms with van der Waals surface area (Å²) in [6.45, 7) is 6.94. The second kappa shape index (κ2) is 23.2. The molecule has 1 atom stereocenters. The highest BCUT2D eigenvalue weighted by molar-refractivity contribution is 4.54. The van der Waals surface area contributed by atoms with Gasteiger partial charge in [0.25, 0.3) is 0 Å². The predicted octanol–water partition coefficient (Wildman–Crippen LogP) is 6.24. The molecule has 0 bridgehead atoms. The Bertz CT molecular complexity index is 163. The number of rotatable bonds is 15. The highest BCUT2D eigenvalue weighted by Gasteiger charge is 2.00. The van der Waals surface area contributed by atoms with Crippen molar-refractivity contribution in [1.29, 1.82) is 0 Å². The first-order chi connectivity index (χ1) is 10.7. The minimum atomic E-state index is -0.0307. The van der Waals surface area contributed by atoms with Crippen LogP contribution < -0.4 is 0 Å². The third-order valence-corrected chi connectivity index (χ3v) is 4.02. The maximum atomic E-state index is 9.35. The van der Waals surface area contributed by atoms with Crippen LogP contribution in [0.3, 0.4) is 0 Å². The molecule has 0 aliphatic heterocycles. The number of aliphatic hydroxyl groups excluding tert-OH is 2. The van der Waals surface area contributed by atoms with Gasteiger partial charge in [0.1, 0.15) is 0 Å². The van der Waals surface area contributed by atoms with E-state index in [9.17, 15) is 5.11 Å². The number of hydrogen-bond donors (Lipinski definition) is 2. The second-order valence-electron chi connectivity index (χ2n) is 6.49. The summed E-state index contributed by atoms with van der Waals surface area (Å²) in [5, 5.41) is 17.9. The third kappa shape index (κ3) is 24.9. The lowest BCUT2D eigenvalue weighted by molar-refractivity contribution is 0.150. The maximum Gasteiger partial charge on any atom is 0.0540 e. The van der Waals surface area contributed by atoms with Crippen LogP contribution in [-0.4, -0.2) is 22.9 Å². The van der Waals surface area contributed by atoms with Crippen molar-refractivity contribution in [3.8, 4) is 0 Å². The molecule has 2 heteroatoms. The highest BCUT2D eigenvalue weighted by atomic mass is 16.3. The van der Waals surface area contributed by atoms with Crippen LogP contribution in [0.5, 0.6) is 0 Å². The summed E-state index contributed by atoms with van der Waals surface area (Å²) in [7, 11) is 0. The Morgan fingerprint density at radius 1 is 0.545 bits per heavy atom. The molecule has 0 radical (unpaired) electrons. The first-order valence-corrected chi connectivity index (χ1v) is 10.0. The van der Waals surface area contributed by atoms with Crippen LogP contribution in [0, 0.1) is 0 Å². The quantitative estimate of drug-likeness (QED) is 0.351. The lowest BCUT2D eigenvalue weighted by atomic mass is 10.1. The van der Waals surface area contributed by atoms with E-state index in [1.807, 2.05) is 0 Å². The molecule has 0 amide bonds. The molecule has 0 aliphatic rings. The van der Waals surface area contributed by atoms with Crippen molar-refractivity contribution < 1.29 is 10.2 Å². The lowest BCUT2D eigenvalue weighted by Crippen LogP contribution is -2.04. The van der Waals surface area contributed by atoms with E-state index in [1.165, 1.54) is 70.6 Å². The van der Waals surface area contributed by atoms with Crippen molar-refractivity contribution in [2.45, 2.75) is 123 Å². The van der Waals surface area contributed by atoms with Gasteiger partial charge in [-0.25, -0.2) is 0 Å². The molecular formula is C20H44O2. The molecule has 22 heavy (non-hydrogen) atoms. The summed E-state index contributed by atoms with van der Waals surface area (Å²) in [5.74, 6) is 0. The molecule has 2 nitrogen and oxygen atoms in total. The van der Waals surface area contributed by atoms with Gasteiger partial charge in [0.15, 0.2) is 0 Å². The average molecular weight is 317 g/mol. The minimum Gasteiger partial charge on any atom is -0.396 e. The van der Waals surface area contributed by atoms with E-state index in [0.29, 0.717) is 6.61 Å².